The molecule has 0 spiro atoms. The average molecular weight is 428 g/mol. The lowest BCUT2D eigenvalue weighted by atomic mass is 9.83. The Bertz CT molecular complexity index is 971. The minimum Gasteiger partial charge on any atom is -0.356 e. The van der Waals surface area contributed by atoms with E-state index in [1.54, 1.807) is 6.07 Å². The highest BCUT2D eigenvalue weighted by atomic mass is 32.2. The molecular formula is C22H25N3O2S2. The molecule has 7 heteroatoms. The van der Waals surface area contributed by atoms with Gasteiger partial charge in [-0.25, -0.2) is 0 Å². The average Bonchev–Trinajstić information content (AvgIpc) is 2.73. The van der Waals surface area contributed by atoms with Gasteiger partial charge in [-0.3, -0.25) is 9.59 Å². The number of nitrogens with one attached hydrogen (secondary N) is 1. The second kappa shape index (κ2) is 8.71. The van der Waals surface area contributed by atoms with Gasteiger partial charge in [0.25, 0.3) is 5.56 Å². The molecule has 2 aliphatic rings. The van der Waals surface area contributed by atoms with Gasteiger partial charge in [0, 0.05) is 43.0 Å². The molecule has 2 aliphatic heterocycles. The summed E-state index contributed by atoms with van der Waals surface area (Å²) in [7, 11) is 0. The van der Waals surface area contributed by atoms with Gasteiger partial charge in [-0.05, 0) is 42.5 Å². The lowest BCUT2D eigenvalue weighted by Gasteiger charge is -2.43. The smallest absolute Gasteiger partial charge is 0.250 e. The monoisotopic (exact) mass is 427 g/mol. The van der Waals surface area contributed by atoms with Gasteiger partial charge in [0.05, 0.1) is 5.75 Å². The normalized spacial score (nSPS) is 20.1. The fraction of sp³-hybridized carbons (Fsp3) is 0.409. The van der Waals surface area contributed by atoms with Gasteiger partial charge in [-0.2, -0.15) is 0 Å². The third kappa shape index (κ3) is 4.56. The van der Waals surface area contributed by atoms with Crippen LogP contribution in [0, 0.1) is 5.92 Å². The SMILES string of the molecule is CCc1ccc(NC(=O)CSC(=S)N2C[C@@H]3C[C@H](C2)c2cccc(=O)n2C3)cc1. The van der Waals surface area contributed by atoms with Crippen LogP contribution in [0.1, 0.15) is 30.5 Å². The summed E-state index contributed by atoms with van der Waals surface area (Å²) in [6.45, 7) is 4.52. The van der Waals surface area contributed by atoms with Crippen LogP contribution in [-0.4, -0.2) is 38.5 Å². The van der Waals surface area contributed by atoms with E-state index < -0.39 is 0 Å². The largest absolute Gasteiger partial charge is 0.356 e. The maximum absolute atomic E-state index is 12.3. The van der Waals surface area contributed by atoms with Crippen LogP contribution in [0.4, 0.5) is 5.69 Å². The Labute approximate surface area is 180 Å². The molecule has 29 heavy (non-hydrogen) atoms. The highest BCUT2D eigenvalue weighted by Gasteiger charge is 2.35. The van der Waals surface area contributed by atoms with Gasteiger partial charge in [-0.1, -0.05) is 49.1 Å². The van der Waals surface area contributed by atoms with Crippen molar-refractivity contribution in [2.24, 2.45) is 5.92 Å². The number of fused-ring (bicyclic) bond motifs is 4. The van der Waals surface area contributed by atoms with Crippen molar-refractivity contribution in [2.75, 3.05) is 24.2 Å². The standard InChI is InChI=1S/C22H25N3O2S2/c1-2-15-6-8-18(9-7-15)23-20(26)14-29-22(28)24-11-16-10-17(13-24)19-4-3-5-21(27)25(19)12-16/h3-9,16-17H,2,10-14H2,1H3,(H,23,26)/t16-,17+/m0/s1. The Balaban J connectivity index is 1.32. The molecule has 0 aliphatic carbocycles. The van der Waals surface area contributed by atoms with Crippen LogP contribution in [0.5, 0.6) is 0 Å². The first kappa shape index (κ1) is 20.2. The molecule has 1 saturated heterocycles. The van der Waals surface area contributed by atoms with Crippen LogP contribution in [0.2, 0.25) is 0 Å². The highest BCUT2D eigenvalue weighted by Crippen LogP contribution is 2.36. The molecule has 1 N–H and O–H groups in total. The summed E-state index contributed by atoms with van der Waals surface area (Å²) >= 11 is 7.05. The number of likely N-dealkylation sites (tertiary alicyclic amines) is 1. The van der Waals surface area contributed by atoms with Crippen molar-refractivity contribution in [3.05, 3.63) is 64.1 Å². The van der Waals surface area contributed by atoms with E-state index in [0.717, 1.165) is 48.2 Å². The van der Waals surface area contributed by atoms with Crippen LogP contribution >= 0.6 is 24.0 Å². The number of benzene rings is 1. The van der Waals surface area contributed by atoms with E-state index in [-0.39, 0.29) is 11.5 Å². The van der Waals surface area contributed by atoms with Crippen LogP contribution in [0.25, 0.3) is 0 Å². The van der Waals surface area contributed by atoms with Gasteiger partial charge < -0.3 is 14.8 Å². The van der Waals surface area contributed by atoms with Crippen molar-refractivity contribution < 1.29 is 4.79 Å². The molecular weight excluding hydrogens is 402 g/mol. The number of amides is 1. The predicted octanol–water partition coefficient (Wildman–Crippen LogP) is 3.49. The molecule has 2 aromatic rings. The quantitative estimate of drug-likeness (QED) is 0.757. The summed E-state index contributed by atoms with van der Waals surface area (Å²) in [5.41, 5.74) is 3.26. The number of carbonyl (C=O) groups excluding carboxylic acids is 1. The summed E-state index contributed by atoms with van der Waals surface area (Å²) in [5, 5.41) is 2.93. The summed E-state index contributed by atoms with van der Waals surface area (Å²) < 4.78 is 2.69. The van der Waals surface area contributed by atoms with E-state index in [0.29, 0.717) is 17.6 Å². The van der Waals surface area contributed by atoms with Gasteiger partial charge in [0.2, 0.25) is 5.91 Å². The number of thiocarbonyl (C=S) groups is 1. The molecule has 5 nitrogen and oxygen atoms in total. The third-order valence-corrected chi connectivity index (χ3v) is 7.23. The maximum atomic E-state index is 12.3. The number of nitrogens with zero attached hydrogens (tertiary/aromatic N) is 2. The molecule has 152 valence electrons. The van der Waals surface area contributed by atoms with E-state index in [1.165, 1.54) is 17.3 Å². The molecule has 3 heterocycles. The first-order valence-electron chi connectivity index (χ1n) is 10.0. The van der Waals surface area contributed by atoms with Gasteiger partial charge in [-0.15, -0.1) is 0 Å². The second-order valence-electron chi connectivity index (χ2n) is 7.76. The predicted molar refractivity (Wildman–Crippen MR) is 123 cm³/mol. The zero-order chi connectivity index (χ0) is 20.4. The number of aromatic nitrogens is 1. The molecule has 1 fully saturated rings. The van der Waals surface area contributed by atoms with Crippen LogP contribution < -0.4 is 10.9 Å². The van der Waals surface area contributed by atoms with Crippen molar-refractivity contribution in [2.45, 2.75) is 32.2 Å². The molecule has 1 amide bonds. The Morgan fingerprint density at radius 3 is 2.72 bits per heavy atom. The van der Waals surface area contributed by atoms with E-state index in [2.05, 4.69) is 23.2 Å². The van der Waals surface area contributed by atoms with Crippen LogP contribution in [-0.2, 0) is 17.8 Å². The molecule has 0 unspecified atom stereocenters. The molecule has 1 aromatic carbocycles. The number of anilines is 1. The molecule has 2 bridgehead atoms. The molecule has 4 rings (SSSR count). The number of hydrogen-bond donors (Lipinski definition) is 1. The van der Waals surface area contributed by atoms with Crippen molar-refractivity contribution in [3.8, 4) is 0 Å². The Morgan fingerprint density at radius 1 is 1.17 bits per heavy atom. The first-order valence-corrected chi connectivity index (χ1v) is 11.4. The first-order chi connectivity index (χ1) is 14.0. The maximum Gasteiger partial charge on any atom is 0.250 e. The van der Waals surface area contributed by atoms with E-state index in [4.69, 9.17) is 12.2 Å². The van der Waals surface area contributed by atoms with Gasteiger partial charge in [0.1, 0.15) is 4.32 Å². The minimum absolute atomic E-state index is 0.0456. The Hall–Kier alpha value is -2.12. The number of thioether (sulfide) groups is 1. The lowest BCUT2D eigenvalue weighted by molar-refractivity contribution is -0.113. The fourth-order valence-corrected chi connectivity index (χ4v) is 5.27. The highest BCUT2D eigenvalue weighted by molar-refractivity contribution is 8.23. The van der Waals surface area contributed by atoms with Crippen molar-refractivity contribution >= 4 is 39.9 Å². The fourth-order valence-electron chi connectivity index (χ4n) is 4.28. The van der Waals surface area contributed by atoms with Gasteiger partial charge in [0.15, 0.2) is 0 Å². The number of piperidine rings is 1. The van der Waals surface area contributed by atoms with Crippen molar-refractivity contribution in [1.82, 2.24) is 9.47 Å². The zero-order valence-corrected chi connectivity index (χ0v) is 18.1. The zero-order valence-electron chi connectivity index (χ0n) is 16.5. The molecule has 2 atom stereocenters. The molecule has 0 radical (unpaired) electrons. The van der Waals surface area contributed by atoms with E-state index in [9.17, 15) is 9.59 Å². The molecule has 1 aromatic heterocycles. The van der Waals surface area contributed by atoms with Crippen LogP contribution in [0.3, 0.4) is 0 Å². The Morgan fingerprint density at radius 2 is 1.97 bits per heavy atom. The second-order valence-corrected chi connectivity index (χ2v) is 9.37. The number of rotatable bonds is 4. The topological polar surface area (TPSA) is 54.3 Å². The number of carbonyl (C=O) groups is 1. The number of aryl methyl sites for hydroxylation is 1. The summed E-state index contributed by atoms with van der Waals surface area (Å²) in [6.07, 6.45) is 2.08. The number of pyridine rings is 1. The summed E-state index contributed by atoms with van der Waals surface area (Å²) in [5.74, 6) is 0.998. The summed E-state index contributed by atoms with van der Waals surface area (Å²) in [4.78, 5) is 26.7. The van der Waals surface area contributed by atoms with Crippen molar-refractivity contribution in [1.29, 1.82) is 0 Å². The van der Waals surface area contributed by atoms with E-state index >= 15 is 0 Å². The Kier molecular flexibility index (Phi) is 6.06. The summed E-state index contributed by atoms with van der Waals surface area (Å²) in [6, 6.07) is 13.5. The minimum atomic E-state index is -0.0456. The van der Waals surface area contributed by atoms with E-state index in [1.807, 2.05) is 34.9 Å². The molecule has 0 saturated carbocycles. The van der Waals surface area contributed by atoms with Crippen LogP contribution in [0.15, 0.2) is 47.3 Å². The number of hydrogen-bond acceptors (Lipinski definition) is 4. The lowest BCUT2D eigenvalue weighted by Crippen LogP contribution is -2.48. The van der Waals surface area contributed by atoms with Gasteiger partial charge >= 0.3 is 0 Å². The van der Waals surface area contributed by atoms with Crippen molar-refractivity contribution in [3.63, 3.8) is 0 Å². The third-order valence-electron chi connectivity index (χ3n) is 5.71.